The van der Waals surface area contributed by atoms with E-state index in [1.807, 2.05) is 13.1 Å². The van der Waals surface area contributed by atoms with Gasteiger partial charge < -0.3 is 9.72 Å². The molecule has 0 aliphatic carbocycles. The topological polar surface area (TPSA) is 44.4 Å². The van der Waals surface area contributed by atoms with E-state index >= 15 is 0 Å². The number of aromatic amines is 1. The summed E-state index contributed by atoms with van der Waals surface area (Å²) in [5.74, 6) is 1.00. The van der Waals surface area contributed by atoms with Crippen molar-refractivity contribution in [3.05, 3.63) is 17.7 Å². The minimum Gasteiger partial charge on any atom is -0.375 e. The number of hydrogen-bond acceptors (Lipinski definition) is 4. The minimum absolute atomic E-state index is 0.438. The van der Waals surface area contributed by atoms with Crippen LogP contribution in [0.4, 0.5) is 0 Å². The fraction of sp³-hybridized carbons (Fsp3) is 0.786. The fourth-order valence-electron chi connectivity index (χ4n) is 3.34. The molecular weight excluding hydrogens is 240 g/mol. The van der Waals surface area contributed by atoms with Gasteiger partial charge in [-0.25, -0.2) is 4.98 Å². The third kappa shape index (κ3) is 2.83. The monoisotopic (exact) mass is 264 g/mol. The van der Waals surface area contributed by atoms with E-state index in [2.05, 4.69) is 26.7 Å². The van der Waals surface area contributed by atoms with Crippen LogP contribution in [0.3, 0.4) is 0 Å². The number of nitrogens with zero attached hydrogens (tertiary/aromatic N) is 3. The summed E-state index contributed by atoms with van der Waals surface area (Å²) in [5.41, 5.74) is 1.22. The first-order valence-corrected chi connectivity index (χ1v) is 7.34. The molecule has 0 bridgehead atoms. The quantitative estimate of drug-likeness (QED) is 0.885. The lowest BCUT2D eigenvalue weighted by molar-refractivity contribution is -0.102. The SMILES string of the molecule is CCN1CCO[C@@H]2CCN(Cc3cnc(C)[nH]3)C[C@H]21. The highest BCUT2D eigenvalue weighted by Gasteiger charge is 2.36. The van der Waals surface area contributed by atoms with E-state index in [0.717, 1.165) is 51.6 Å². The number of likely N-dealkylation sites (N-methyl/N-ethyl adjacent to an activating group) is 1. The number of ether oxygens (including phenoxy) is 1. The molecule has 19 heavy (non-hydrogen) atoms. The number of nitrogens with one attached hydrogen (secondary N) is 1. The van der Waals surface area contributed by atoms with Crippen molar-refractivity contribution in [2.45, 2.75) is 39.0 Å². The summed E-state index contributed by atoms with van der Waals surface area (Å²) < 4.78 is 5.93. The maximum Gasteiger partial charge on any atom is 0.103 e. The van der Waals surface area contributed by atoms with Crippen LogP contribution >= 0.6 is 0 Å². The van der Waals surface area contributed by atoms with Gasteiger partial charge in [0.2, 0.25) is 0 Å². The summed E-state index contributed by atoms with van der Waals surface area (Å²) in [6.45, 7) is 10.6. The van der Waals surface area contributed by atoms with Crippen LogP contribution in [0.1, 0.15) is 24.9 Å². The molecule has 1 N–H and O–H groups in total. The summed E-state index contributed by atoms with van der Waals surface area (Å²) in [7, 11) is 0. The van der Waals surface area contributed by atoms with Crippen molar-refractivity contribution >= 4 is 0 Å². The molecule has 5 nitrogen and oxygen atoms in total. The Morgan fingerprint density at radius 2 is 2.37 bits per heavy atom. The maximum atomic E-state index is 5.93. The number of H-pyrrole nitrogens is 1. The zero-order valence-electron chi connectivity index (χ0n) is 11.9. The lowest BCUT2D eigenvalue weighted by Crippen LogP contribution is -2.59. The molecular formula is C14H24N4O. The third-order valence-electron chi connectivity index (χ3n) is 4.34. The lowest BCUT2D eigenvalue weighted by Gasteiger charge is -2.46. The zero-order valence-corrected chi connectivity index (χ0v) is 11.9. The van der Waals surface area contributed by atoms with Crippen LogP contribution in [0.25, 0.3) is 0 Å². The number of hydrogen-bond donors (Lipinski definition) is 1. The molecule has 0 amide bonds. The number of aromatic nitrogens is 2. The van der Waals surface area contributed by atoms with Crippen LogP contribution in [-0.2, 0) is 11.3 Å². The molecule has 0 saturated carbocycles. The highest BCUT2D eigenvalue weighted by Crippen LogP contribution is 2.23. The van der Waals surface area contributed by atoms with Gasteiger partial charge in [-0.15, -0.1) is 0 Å². The van der Waals surface area contributed by atoms with Gasteiger partial charge in [-0.05, 0) is 19.9 Å². The molecule has 2 aliphatic heterocycles. The molecule has 0 unspecified atom stereocenters. The Labute approximate surface area is 114 Å². The second-order valence-electron chi connectivity index (χ2n) is 5.62. The highest BCUT2D eigenvalue weighted by atomic mass is 16.5. The minimum atomic E-state index is 0.438. The molecule has 2 aliphatic rings. The van der Waals surface area contributed by atoms with Crippen LogP contribution in [-0.4, -0.2) is 64.7 Å². The number of rotatable bonds is 3. The molecule has 2 fully saturated rings. The van der Waals surface area contributed by atoms with Crippen molar-refractivity contribution in [2.24, 2.45) is 0 Å². The lowest BCUT2D eigenvalue weighted by atomic mass is 9.98. The first-order chi connectivity index (χ1) is 9.26. The summed E-state index contributed by atoms with van der Waals surface area (Å²) in [5, 5.41) is 0. The highest BCUT2D eigenvalue weighted by molar-refractivity contribution is 5.01. The Bertz CT molecular complexity index is 413. The number of morpholine rings is 1. The van der Waals surface area contributed by atoms with Gasteiger partial charge >= 0.3 is 0 Å². The van der Waals surface area contributed by atoms with Gasteiger partial charge in [0, 0.05) is 44.1 Å². The molecule has 0 aromatic carbocycles. The maximum absolute atomic E-state index is 5.93. The van der Waals surface area contributed by atoms with Crippen molar-refractivity contribution in [3.63, 3.8) is 0 Å². The number of piperidine rings is 1. The Morgan fingerprint density at radius 1 is 1.47 bits per heavy atom. The molecule has 0 radical (unpaired) electrons. The van der Waals surface area contributed by atoms with Gasteiger partial charge in [-0.3, -0.25) is 9.80 Å². The Kier molecular flexibility index (Phi) is 3.86. The predicted molar refractivity (Wildman–Crippen MR) is 74.0 cm³/mol. The van der Waals surface area contributed by atoms with Crippen molar-refractivity contribution in [2.75, 3.05) is 32.8 Å². The Balaban J connectivity index is 1.63. The van der Waals surface area contributed by atoms with Crippen molar-refractivity contribution in [1.82, 2.24) is 19.8 Å². The molecule has 1 aromatic heterocycles. The molecule has 2 atom stereocenters. The fourth-order valence-corrected chi connectivity index (χ4v) is 3.34. The largest absolute Gasteiger partial charge is 0.375 e. The van der Waals surface area contributed by atoms with E-state index in [4.69, 9.17) is 4.74 Å². The molecule has 5 heteroatoms. The molecule has 106 valence electrons. The van der Waals surface area contributed by atoms with Gasteiger partial charge in [0.15, 0.2) is 0 Å². The normalized spacial score (nSPS) is 29.4. The average Bonchev–Trinajstić information content (AvgIpc) is 2.83. The van der Waals surface area contributed by atoms with Gasteiger partial charge in [0.25, 0.3) is 0 Å². The van der Waals surface area contributed by atoms with E-state index in [1.54, 1.807) is 0 Å². The van der Waals surface area contributed by atoms with E-state index in [-0.39, 0.29) is 0 Å². The predicted octanol–water partition coefficient (Wildman–Crippen LogP) is 1.01. The first-order valence-electron chi connectivity index (χ1n) is 7.34. The van der Waals surface area contributed by atoms with Gasteiger partial charge in [0.1, 0.15) is 5.82 Å². The van der Waals surface area contributed by atoms with Crippen LogP contribution in [0, 0.1) is 6.92 Å². The average molecular weight is 264 g/mol. The van der Waals surface area contributed by atoms with E-state index in [9.17, 15) is 0 Å². The number of aryl methyl sites for hydroxylation is 1. The van der Waals surface area contributed by atoms with Crippen molar-refractivity contribution < 1.29 is 4.74 Å². The number of likely N-dealkylation sites (tertiary alicyclic amines) is 1. The van der Waals surface area contributed by atoms with Gasteiger partial charge in [-0.2, -0.15) is 0 Å². The van der Waals surface area contributed by atoms with Crippen molar-refractivity contribution in [1.29, 1.82) is 0 Å². The zero-order chi connectivity index (χ0) is 13.2. The third-order valence-corrected chi connectivity index (χ3v) is 4.34. The Hall–Kier alpha value is -0.910. The van der Waals surface area contributed by atoms with E-state index in [1.165, 1.54) is 5.69 Å². The smallest absolute Gasteiger partial charge is 0.103 e. The summed E-state index contributed by atoms with van der Waals surface area (Å²) in [6, 6.07) is 0.566. The molecule has 2 saturated heterocycles. The first kappa shape index (κ1) is 13.1. The standard InChI is InChI=1S/C14H24N4O/c1-3-18-6-7-19-14-4-5-17(10-13(14)18)9-12-8-15-11(2)16-12/h8,13-14H,3-7,9-10H2,1-2H3,(H,15,16)/t13-,14-/m1/s1. The van der Waals surface area contributed by atoms with Crippen LogP contribution in [0.2, 0.25) is 0 Å². The summed E-state index contributed by atoms with van der Waals surface area (Å²) >= 11 is 0. The van der Waals surface area contributed by atoms with Crippen LogP contribution < -0.4 is 0 Å². The van der Waals surface area contributed by atoms with Crippen LogP contribution in [0.15, 0.2) is 6.20 Å². The number of fused-ring (bicyclic) bond motifs is 1. The molecule has 0 spiro atoms. The van der Waals surface area contributed by atoms with Gasteiger partial charge in [0.05, 0.1) is 12.7 Å². The Morgan fingerprint density at radius 3 is 3.11 bits per heavy atom. The van der Waals surface area contributed by atoms with Crippen molar-refractivity contribution in [3.8, 4) is 0 Å². The van der Waals surface area contributed by atoms with Crippen LogP contribution in [0.5, 0.6) is 0 Å². The number of imidazole rings is 1. The second kappa shape index (κ2) is 5.61. The van der Waals surface area contributed by atoms with Gasteiger partial charge in [-0.1, -0.05) is 6.92 Å². The second-order valence-corrected chi connectivity index (χ2v) is 5.62. The molecule has 1 aromatic rings. The molecule has 3 rings (SSSR count). The summed E-state index contributed by atoms with van der Waals surface area (Å²) in [4.78, 5) is 12.7. The van der Waals surface area contributed by atoms with E-state index in [0.29, 0.717) is 12.1 Å². The molecule has 3 heterocycles. The summed E-state index contributed by atoms with van der Waals surface area (Å²) in [6.07, 6.45) is 3.54. The van der Waals surface area contributed by atoms with E-state index < -0.39 is 0 Å².